The SMILES string of the molecule is CCC(CC)C(O)CNC(=O)C1(N)CCCCC1. The summed E-state index contributed by atoms with van der Waals surface area (Å²) in [5.41, 5.74) is 5.43. The van der Waals surface area contributed by atoms with Crippen molar-refractivity contribution in [2.24, 2.45) is 11.7 Å². The first-order valence-electron chi connectivity index (χ1n) is 7.28. The standard InChI is InChI=1S/C14H28N2O2/c1-3-11(4-2)12(17)10-16-13(18)14(15)8-6-5-7-9-14/h11-12,17H,3-10,15H2,1-2H3,(H,16,18). The third-order valence-electron chi connectivity index (χ3n) is 4.26. The minimum Gasteiger partial charge on any atom is -0.391 e. The lowest BCUT2D eigenvalue weighted by molar-refractivity contribution is -0.128. The zero-order valence-corrected chi connectivity index (χ0v) is 11.7. The van der Waals surface area contributed by atoms with Gasteiger partial charge in [0.1, 0.15) is 0 Å². The third kappa shape index (κ3) is 3.95. The van der Waals surface area contributed by atoms with Crippen LogP contribution in [0.15, 0.2) is 0 Å². The van der Waals surface area contributed by atoms with Crippen molar-refractivity contribution in [2.45, 2.75) is 70.4 Å². The van der Waals surface area contributed by atoms with E-state index >= 15 is 0 Å². The molecular weight excluding hydrogens is 228 g/mol. The van der Waals surface area contributed by atoms with Gasteiger partial charge >= 0.3 is 0 Å². The second kappa shape index (κ2) is 7.10. The van der Waals surface area contributed by atoms with E-state index in [0.29, 0.717) is 6.54 Å². The summed E-state index contributed by atoms with van der Waals surface area (Å²) >= 11 is 0. The van der Waals surface area contributed by atoms with E-state index in [1.54, 1.807) is 0 Å². The van der Waals surface area contributed by atoms with E-state index in [1.165, 1.54) is 6.42 Å². The molecule has 18 heavy (non-hydrogen) atoms. The van der Waals surface area contributed by atoms with Crippen LogP contribution in [-0.2, 0) is 4.79 Å². The minimum absolute atomic E-state index is 0.0905. The fourth-order valence-electron chi connectivity index (χ4n) is 2.78. The van der Waals surface area contributed by atoms with Gasteiger partial charge in [-0.2, -0.15) is 0 Å². The number of rotatable bonds is 6. The van der Waals surface area contributed by atoms with Crippen molar-refractivity contribution >= 4 is 5.91 Å². The van der Waals surface area contributed by atoms with Gasteiger partial charge in [-0.15, -0.1) is 0 Å². The van der Waals surface area contributed by atoms with Crippen LogP contribution in [0.3, 0.4) is 0 Å². The molecule has 1 unspecified atom stereocenters. The van der Waals surface area contributed by atoms with Crippen LogP contribution in [0.2, 0.25) is 0 Å². The van der Waals surface area contributed by atoms with Crippen molar-refractivity contribution in [3.63, 3.8) is 0 Å². The molecule has 4 nitrogen and oxygen atoms in total. The van der Waals surface area contributed by atoms with Crippen molar-refractivity contribution in [3.8, 4) is 0 Å². The zero-order chi connectivity index (χ0) is 13.6. The molecule has 106 valence electrons. The fourth-order valence-corrected chi connectivity index (χ4v) is 2.78. The summed E-state index contributed by atoms with van der Waals surface area (Å²) < 4.78 is 0. The second-order valence-corrected chi connectivity index (χ2v) is 5.57. The van der Waals surface area contributed by atoms with Crippen molar-refractivity contribution in [1.82, 2.24) is 5.32 Å². The van der Waals surface area contributed by atoms with Crippen LogP contribution >= 0.6 is 0 Å². The number of nitrogens with two attached hydrogens (primary N) is 1. The molecule has 0 aromatic heterocycles. The Bertz CT molecular complexity index is 259. The van der Waals surface area contributed by atoms with E-state index in [2.05, 4.69) is 19.2 Å². The highest BCUT2D eigenvalue weighted by Crippen LogP contribution is 2.26. The number of hydrogen-bond acceptors (Lipinski definition) is 3. The molecule has 0 spiro atoms. The predicted molar refractivity (Wildman–Crippen MR) is 73.1 cm³/mol. The maximum atomic E-state index is 12.1. The maximum absolute atomic E-state index is 12.1. The van der Waals surface area contributed by atoms with Gasteiger partial charge < -0.3 is 16.2 Å². The van der Waals surface area contributed by atoms with Gasteiger partial charge in [0.25, 0.3) is 0 Å². The van der Waals surface area contributed by atoms with Crippen LogP contribution in [0.5, 0.6) is 0 Å². The van der Waals surface area contributed by atoms with E-state index in [4.69, 9.17) is 5.73 Å². The molecule has 1 aliphatic carbocycles. The van der Waals surface area contributed by atoms with Gasteiger partial charge in [-0.05, 0) is 18.8 Å². The van der Waals surface area contributed by atoms with E-state index in [9.17, 15) is 9.90 Å². The Balaban J connectivity index is 2.40. The lowest BCUT2D eigenvalue weighted by Gasteiger charge is -2.32. The molecule has 1 saturated carbocycles. The number of nitrogens with one attached hydrogen (secondary N) is 1. The average Bonchev–Trinajstić information content (AvgIpc) is 2.38. The molecule has 1 amide bonds. The van der Waals surface area contributed by atoms with E-state index in [1.807, 2.05) is 0 Å². The molecule has 0 saturated heterocycles. The molecule has 1 atom stereocenters. The highest BCUT2D eigenvalue weighted by atomic mass is 16.3. The van der Waals surface area contributed by atoms with Crippen LogP contribution in [0.4, 0.5) is 0 Å². The molecule has 1 fully saturated rings. The van der Waals surface area contributed by atoms with Crippen LogP contribution < -0.4 is 11.1 Å². The molecule has 0 aliphatic heterocycles. The van der Waals surface area contributed by atoms with Crippen molar-refractivity contribution in [1.29, 1.82) is 0 Å². The van der Waals surface area contributed by atoms with Crippen LogP contribution in [-0.4, -0.2) is 29.2 Å². The molecule has 0 aromatic carbocycles. The van der Waals surface area contributed by atoms with E-state index in [-0.39, 0.29) is 11.8 Å². The lowest BCUT2D eigenvalue weighted by Crippen LogP contribution is -2.56. The first kappa shape index (κ1) is 15.4. The summed E-state index contributed by atoms with van der Waals surface area (Å²) in [5, 5.41) is 12.8. The Kier molecular flexibility index (Phi) is 6.09. The summed E-state index contributed by atoms with van der Waals surface area (Å²) in [6.45, 7) is 4.44. The third-order valence-corrected chi connectivity index (χ3v) is 4.26. The first-order chi connectivity index (χ1) is 8.53. The topological polar surface area (TPSA) is 75.3 Å². The normalized spacial score (nSPS) is 20.7. The Morgan fingerprint density at radius 2 is 1.83 bits per heavy atom. The Morgan fingerprint density at radius 3 is 2.33 bits per heavy atom. The molecule has 4 heteroatoms. The van der Waals surface area contributed by atoms with Crippen LogP contribution in [0, 0.1) is 5.92 Å². The Hall–Kier alpha value is -0.610. The largest absolute Gasteiger partial charge is 0.391 e. The van der Waals surface area contributed by atoms with Crippen molar-refractivity contribution < 1.29 is 9.90 Å². The zero-order valence-electron chi connectivity index (χ0n) is 11.7. The highest BCUT2D eigenvalue weighted by Gasteiger charge is 2.35. The summed E-state index contributed by atoms with van der Waals surface area (Å²) in [4.78, 5) is 12.1. The summed E-state index contributed by atoms with van der Waals surface area (Å²) in [5.74, 6) is 0.164. The van der Waals surface area contributed by atoms with E-state index < -0.39 is 11.6 Å². The number of amides is 1. The van der Waals surface area contributed by atoms with Gasteiger partial charge in [0.05, 0.1) is 11.6 Å². The van der Waals surface area contributed by atoms with Gasteiger partial charge in [-0.1, -0.05) is 46.0 Å². The molecule has 0 aromatic rings. The summed E-state index contributed by atoms with van der Waals surface area (Å²) in [6.07, 6.45) is 6.15. The van der Waals surface area contributed by atoms with Gasteiger partial charge in [0.2, 0.25) is 5.91 Å². The average molecular weight is 256 g/mol. The molecule has 4 N–H and O–H groups in total. The monoisotopic (exact) mass is 256 g/mol. The smallest absolute Gasteiger partial charge is 0.240 e. The minimum atomic E-state index is -0.702. The molecule has 0 heterocycles. The van der Waals surface area contributed by atoms with Crippen molar-refractivity contribution in [2.75, 3.05) is 6.54 Å². The van der Waals surface area contributed by atoms with Gasteiger partial charge in [0.15, 0.2) is 0 Å². The number of carbonyl (C=O) groups excluding carboxylic acids is 1. The van der Waals surface area contributed by atoms with Gasteiger partial charge in [-0.25, -0.2) is 0 Å². The van der Waals surface area contributed by atoms with Crippen molar-refractivity contribution in [3.05, 3.63) is 0 Å². The molecule has 0 radical (unpaired) electrons. The Morgan fingerprint density at radius 1 is 1.28 bits per heavy atom. The number of aliphatic hydroxyl groups excluding tert-OH is 1. The number of aliphatic hydroxyl groups is 1. The summed E-state index contributed by atoms with van der Waals surface area (Å²) in [7, 11) is 0. The Labute approximate surface area is 110 Å². The highest BCUT2D eigenvalue weighted by molar-refractivity contribution is 5.86. The lowest BCUT2D eigenvalue weighted by atomic mass is 9.82. The van der Waals surface area contributed by atoms with Crippen LogP contribution in [0.1, 0.15) is 58.8 Å². The number of hydrogen-bond donors (Lipinski definition) is 3. The maximum Gasteiger partial charge on any atom is 0.240 e. The van der Waals surface area contributed by atoms with Gasteiger partial charge in [0, 0.05) is 6.54 Å². The fraction of sp³-hybridized carbons (Fsp3) is 0.929. The predicted octanol–water partition coefficient (Wildman–Crippen LogP) is 1.56. The van der Waals surface area contributed by atoms with Gasteiger partial charge in [-0.3, -0.25) is 4.79 Å². The summed E-state index contributed by atoms with van der Waals surface area (Å²) in [6, 6.07) is 0. The molecule has 1 rings (SSSR count). The molecule has 0 bridgehead atoms. The first-order valence-corrected chi connectivity index (χ1v) is 7.28. The molecular formula is C14H28N2O2. The van der Waals surface area contributed by atoms with E-state index in [0.717, 1.165) is 38.5 Å². The molecule has 1 aliphatic rings. The number of carbonyl (C=O) groups is 1. The quantitative estimate of drug-likeness (QED) is 0.675. The van der Waals surface area contributed by atoms with Crippen LogP contribution in [0.25, 0.3) is 0 Å². The second-order valence-electron chi connectivity index (χ2n) is 5.57.